The van der Waals surface area contributed by atoms with Crippen LogP contribution < -0.4 is 19.6 Å². The van der Waals surface area contributed by atoms with E-state index in [1.807, 2.05) is 0 Å². The number of ether oxygens (including phenoxy) is 3. The van der Waals surface area contributed by atoms with E-state index in [0.29, 0.717) is 39.5 Å². The number of hydrogen-bond donors (Lipinski definition) is 1. The molecule has 0 atom stereocenters. The van der Waals surface area contributed by atoms with E-state index < -0.39 is 0 Å². The maximum Gasteiger partial charge on any atom is 0.197 e. The van der Waals surface area contributed by atoms with Crippen molar-refractivity contribution in [2.45, 2.75) is 0 Å². The number of hydrogen-bond acceptors (Lipinski definition) is 6. The third kappa shape index (κ3) is 2.62. The zero-order chi connectivity index (χ0) is 17.3. The van der Waals surface area contributed by atoms with E-state index in [2.05, 4.69) is 0 Å². The number of benzene rings is 2. The van der Waals surface area contributed by atoms with E-state index in [1.54, 1.807) is 24.3 Å². The number of fused-ring (bicyclic) bond motifs is 1. The third-order valence-electron chi connectivity index (χ3n) is 3.69. The molecular formula is C18H16O6. The van der Waals surface area contributed by atoms with Crippen LogP contribution in [0.1, 0.15) is 0 Å². The first-order chi connectivity index (χ1) is 11.6. The van der Waals surface area contributed by atoms with Gasteiger partial charge in [0.05, 0.1) is 21.3 Å². The molecule has 0 saturated heterocycles. The number of aromatic hydroxyl groups is 1. The predicted octanol–water partition coefficient (Wildman–Crippen LogP) is 3.19. The lowest BCUT2D eigenvalue weighted by atomic mass is 10.1. The fraction of sp³-hybridized carbons (Fsp3) is 0.167. The van der Waals surface area contributed by atoms with E-state index in [9.17, 15) is 9.90 Å². The van der Waals surface area contributed by atoms with Gasteiger partial charge in [-0.05, 0) is 18.2 Å². The molecule has 0 aliphatic heterocycles. The maximum absolute atomic E-state index is 12.5. The normalized spacial score (nSPS) is 10.6. The van der Waals surface area contributed by atoms with Crippen molar-refractivity contribution in [3.8, 4) is 34.3 Å². The quantitative estimate of drug-likeness (QED) is 0.792. The lowest BCUT2D eigenvalue weighted by Gasteiger charge is -2.10. The van der Waals surface area contributed by atoms with Gasteiger partial charge in [-0.15, -0.1) is 0 Å². The topological polar surface area (TPSA) is 78.1 Å². The molecule has 0 bridgehead atoms. The van der Waals surface area contributed by atoms with Crippen molar-refractivity contribution in [2.75, 3.05) is 21.3 Å². The fourth-order valence-corrected chi connectivity index (χ4v) is 2.49. The molecule has 24 heavy (non-hydrogen) atoms. The van der Waals surface area contributed by atoms with Gasteiger partial charge in [-0.2, -0.15) is 0 Å². The van der Waals surface area contributed by atoms with Crippen molar-refractivity contribution in [3.63, 3.8) is 0 Å². The highest BCUT2D eigenvalue weighted by atomic mass is 16.5. The Bertz CT molecular complexity index is 958. The zero-order valence-corrected chi connectivity index (χ0v) is 13.5. The molecule has 6 nitrogen and oxygen atoms in total. The van der Waals surface area contributed by atoms with Crippen LogP contribution in [0.25, 0.3) is 22.3 Å². The van der Waals surface area contributed by atoms with Gasteiger partial charge in [-0.25, -0.2) is 0 Å². The molecule has 1 aromatic heterocycles. The average molecular weight is 328 g/mol. The summed E-state index contributed by atoms with van der Waals surface area (Å²) in [6.45, 7) is 0. The van der Waals surface area contributed by atoms with Gasteiger partial charge in [0, 0.05) is 23.8 Å². The molecule has 3 rings (SSSR count). The van der Waals surface area contributed by atoms with Crippen molar-refractivity contribution in [2.24, 2.45) is 0 Å². The van der Waals surface area contributed by atoms with Crippen LogP contribution in [0.5, 0.6) is 23.0 Å². The highest BCUT2D eigenvalue weighted by Crippen LogP contribution is 2.34. The Hall–Kier alpha value is -3.15. The average Bonchev–Trinajstić information content (AvgIpc) is 2.60. The lowest BCUT2D eigenvalue weighted by Crippen LogP contribution is -2.03. The van der Waals surface area contributed by atoms with Crippen molar-refractivity contribution in [1.82, 2.24) is 0 Å². The monoisotopic (exact) mass is 328 g/mol. The second-order valence-corrected chi connectivity index (χ2v) is 5.06. The molecule has 0 saturated carbocycles. The van der Waals surface area contributed by atoms with Crippen molar-refractivity contribution >= 4 is 11.0 Å². The van der Waals surface area contributed by atoms with Crippen molar-refractivity contribution in [3.05, 3.63) is 46.6 Å². The molecule has 2 aromatic carbocycles. The fourth-order valence-electron chi connectivity index (χ4n) is 2.49. The molecule has 0 unspecified atom stereocenters. The largest absolute Gasteiger partial charge is 0.504 e. The summed E-state index contributed by atoms with van der Waals surface area (Å²) >= 11 is 0. The Morgan fingerprint density at radius 2 is 1.67 bits per heavy atom. The van der Waals surface area contributed by atoms with E-state index >= 15 is 0 Å². The SMILES string of the molecule is COc1cc(OC)c2c(=O)cc(-c3ccc(OC)c(O)c3)oc2c1. The maximum atomic E-state index is 12.5. The van der Waals surface area contributed by atoms with E-state index in [-0.39, 0.29) is 11.2 Å². The van der Waals surface area contributed by atoms with Crippen LogP contribution >= 0.6 is 0 Å². The molecule has 124 valence electrons. The summed E-state index contributed by atoms with van der Waals surface area (Å²) in [6, 6.07) is 9.37. The minimum Gasteiger partial charge on any atom is -0.504 e. The van der Waals surface area contributed by atoms with Gasteiger partial charge in [0.15, 0.2) is 16.9 Å². The van der Waals surface area contributed by atoms with Crippen LogP contribution in [-0.4, -0.2) is 26.4 Å². The molecule has 0 aliphatic rings. The Kier molecular flexibility index (Phi) is 4.04. The van der Waals surface area contributed by atoms with Crippen LogP contribution in [0, 0.1) is 0 Å². The summed E-state index contributed by atoms with van der Waals surface area (Å²) in [5.74, 6) is 1.51. The van der Waals surface area contributed by atoms with Gasteiger partial charge < -0.3 is 23.7 Å². The smallest absolute Gasteiger partial charge is 0.197 e. The minimum atomic E-state index is -0.249. The van der Waals surface area contributed by atoms with Crippen LogP contribution in [0.3, 0.4) is 0 Å². The first kappa shape index (κ1) is 15.7. The molecular weight excluding hydrogens is 312 g/mol. The minimum absolute atomic E-state index is 0.0408. The molecule has 1 heterocycles. The molecule has 0 radical (unpaired) electrons. The summed E-state index contributed by atoms with van der Waals surface area (Å²) in [6.07, 6.45) is 0. The third-order valence-corrected chi connectivity index (χ3v) is 3.69. The van der Waals surface area contributed by atoms with Crippen molar-refractivity contribution < 1.29 is 23.7 Å². The number of methoxy groups -OCH3 is 3. The summed E-state index contributed by atoms with van der Waals surface area (Å²) < 4.78 is 21.3. The van der Waals surface area contributed by atoms with Gasteiger partial charge in [-0.3, -0.25) is 4.79 Å². The Morgan fingerprint density at radius 3 is 2.29 bits per heavy atom. The Balaban J connectivity index is 2.24. The van der Waals surface area contributed by atoms with Crippen LogP contribution in [0.4, 0.5) is 0 Å². The van der Waals surface area contributed by atoms with Crippen LogP contribution in [-0.2, 0) is 0 Å². The first-order valence-corrected chi connectivity index (χ1v) is 7.14. The summed E-state index contributed by atoms with van der Waals surface area (Å²) in [7, 11) is 4.45. The number of phenolic OH excluding ortho intramolecular Hbond substituents is 1. The summed E-state index contributed by atoms with van der Waals surface area (Å²) in [5, 5.41) is 10.2. The highest BCUT2D eigenvalue weighted by Gasteiger charge is 2.14. The molecule has 0 fully saturated rings. The molecule has 0 spiro atoms. The standard InChI is InChI=1S/C18H16O6/c1-21-11-7-16(23-3)18-13(20)9-15(24-17(18)8-11)10-4-5-14(22-2)12(19)6-10/h4-9,19H,1-3H3. The first-order valence-electron chi connectivity index (χ1n) is 7.14. The second kappa shape index (κ2) is 6.16. The summed E-state index contributed by atoms with van der Waals surface area (Å²) in [4.78, 5) is 12.5. The van der Waals surface area contributed by atoms with Gasteiger partial charge >= 0.3 is 0 Å². The Morgan fingerprint density at radius 1 is 0.917 bits per heavy atom. The van der Waals surface area contributed by atoms with Gasteiger partial charge in [0.1, 0.15) is 28.2 Å². The number of phenols is 1. The molecule has 6 heteroatoms. The van der Waals surface area contributed by atoms with Crippen LogP contribution in [0.15, 0.2) is 45.6 Å². The summed E-state index contributed by atoms with van der Waals surface area (Å²) in [5.41, 5.74) is 0.638. The van der Waals surface area contributed by atoms with Gasteiger partial charge in [0.2, 0.25) is 0 Å². The van der Waals surface area contributed by atoms with E-state index in [1.165, 1.54) is 33.5 Å². The van der Waals surface area contributed by atoms with Crippen molar-refractivity contribution in [1.29, 1.82) is 0 Å². The molecule has 3 aromatic rings. The zero-order valence-electron chi connectivity index (χ0n) is 13.5. The van der Waals surface area contributed by atoms with Gasteiger partial charge in [-0.1, -0.05) is 0 Å². The second-order valence-electron chi connectivity index (χ2n) is 5.06. The predicted molar refractivity (Wildman–Crippen MR) is 89.2 cm³/mol. The molecule has 1 N–H and O–H groups in total. The Labute approximate surface area is 137 Å². The van der Waals surface area contributed by atoms with Crippen LogP contribution in [0.2, 0.25) is 0 Å². The van der Waals surface area contributed by atoms with E-state index in [4.69, 9.17) is 18.6 Å². The molecule has 0 amide bonds. The lowest BCUT2D eigenvalue weighted by molar-refractivity contribution is 0.373. The van der Waals surface area contributed by atoms with E-state index in [0.717, 1.165) is 0 Å². The number of rotatable bonds is 4. The highest BCUT2D eigenvalue weighted by molar-refractivity contribution is 5.86. The van der Waals surface area contributed by atoms with Gasteiger partial charge in [0.25, 0.3) is 0 Å². The molecule has 0 aliphatic carbocycles.